The van der Waals surface area contributed by atoms with E-state index in [1.807, 2.05) is 0 Å². The van der Waals surface area contributed by atoms with Crippen molar-refractivity contribution in [2.75, 3.05) is 26.3 Å². The van der Waals surface area contributed by atoms with E-state index in [1.54, 1.807) is 11.8 Å². The van der Waals surface area contributed by atoms with Gasteiger partial charge in [-0.3, -0.25) is 14.5 Å². The molecule has 0 aromatic carbocycles. The number of hydrogen-bond acceptors (Lipinski definition) is 4. The molecule has 0 aliphatic carbocycles. The fraction of sp³-hybridized carbons (Fsp3) is 0.667. The molecule has 1 saturated heterocycles. The maximum Gasteiger partial charge on any atom is 0.343 e. The van der Waals surface area contributed by atoms with Gasteiger partial charge in [0.25, 0.3) is 0 Å². The number of morpholine rings is 1. The quantitative estimate of drug-likeness (QED) is 0.711. The topological polar surface area (TPSA) is 83.1 Å². The average Bonchev–Trinajstić information content (AvgIpc) is 2.68. The molecule has 7 nitrogen and oxygen atoms in total. The second kappa shape index (κ2) is 4.84. The molecule has 1 aliphatic rings. The van der Waals surface area contributed by atoms with Gasteiger partial charge in [-0.1, -0.05) is 0 Å². The van der Waals surface area contributed by atoms with Gasteiger partial charge in [0.2, 0.25) is 5.91 Å². The number of aromatic nitrogens is 3. The molecule has 1 aliphatic heterocycles. The smallest absolute Gasteiger partial charge is 0.343 e. The zero-order chi connectivity index (χ0) is 12.4. The van der Waals surface area contributed by atoms with Crippen molar-refractivity contribution in [2.45, 2.75) is 13.0 Å². The van der Waals surface area contributed by atoms with Crippen LogP contribution in [0.5, 0.6) is 0 Å². The fourth-order valence-electron chi connectivity index (χ4n) is 1.83. The highest BCUT2D eigenvalue weighted by Gasteiger charge is 2.25. The minimum atomic E-state index is -0.601. The molecule has 2 rings (SSSR count). The third kappa shape index (κ3) is 2.32. The molecule has 0 saturated carbocycles. The van der Waals surface area contributed by atoms with Crippen molar-refractivity contribution in [2.24, 2.45) is 0 Å². The fourth-order valence-corrected chi connectivity index (χ4v) is 2.12. The molecule has 1 aromatic rings. The van der Waals surface area contributed by atoms with Crippen molar-refractivity contribution in [1.29, 1.82) is 0 Å². The summed E-state index contributed by atoms with van der Waals surface area (Å²) in [7, 11) is 0. The number of ether oxygens (including phenoxy) is 1. The number of rotatable bonds is 2. The highest BCUT2D eigenvalue weighted by Crippen LogP contribution is 2.09. The van der Waals surface area contributed by atoms with Gasteiger partial charge in [-0.15, -0.1) is 0 Å². The molecule has 1 amide bonds. The molecule has 1 aromatic heterocycles. The van der Waals surface area contributed by atoms with E-state index in [1.165, 1.54) is 4.57 Å². The Morgan fingerprint density at radius 2 is 2.06 bits per heavy atom. The lowest BCUT2D eigenvalue weighted by Crippen LogP contribution is -2.44. The predicted molar refractivity (Wildman–Crippen MR) is 62.3 cm³/mol. The number of aromatic amines is 2. The van der Waals surface area contributed by atoms with Crippen molar-refractivity contribution in [3.05, 3.63) is 15.3 Å². The van der Waals surface area contributed by atoms with Crippen molar-refractivity contribution in [3.63, 3.8) is 0 Å². The normalized spacial score (nSPS) is 18.1. The summed E-state index contributed by atoms with van der Waals surface area (Å²) in [5, 5.41) is 4.88. The first-order chi connectivity index (χ1) is 8.11. The van der Waals surface area contributed by atoms with Crippen LogP contribution in [0, 0.1) is 4.77 Å². The van der Waals surface area contributed by atoms with Crippen LogP contribution < -0.4 is 5.69 Å². The average molecular weight is 258 g/mol. The Balaban J connectivity index is 2.20. The van der Waals surface area contributed by atoms with Crippen LogP contribution in [0.2, 0.25) is 0 Å². The van der Waals surface area contributed by atoms with Crippen LogP contribution in [-0.4, -0.2) is 51.9 Å². The van der Waals surface area contributed by atoms with Gasteiger partial charge in [-0.2, -0.15) is 0 Å². The molecule has 8 heteroatoms. The van der Waals surface area contributed by atoms with Crippen molar-refractivity contribution in [3.8, 4) is 0 Å². The summed E-state index contributed by atoms with van der Waals surface area (Å²) in [5.41, 5.74) is -0.399. The van der Waals surface area contributed by atoms with Crippen molar-refractivity contribution < 1.29 is 9.53 Å². The molecule has 0 bridgehead atoms. The number of amides is 1. The van der Waals surface area contributed by atoms with Crippen LogP contribution in [0.4, 0.5) is 0 Å². The van der Waals surface area contributed by atoms with Gasteiger partial charge in [-0.25, -0.2) is 9.89 Å². The Morgan fingerprint density at radius 1 is 1.41 bits per heavy atom. The van der Waals surface area contributed by atoms with E-state index in [9.17, 15) is 9.59 Å². The summed E-state index contributed by atoms with van der Waals surface area (Å²) in [5.74, 6) is -0.116. The van der Waals surface area contributed by atoms with Crippen LogP contribution in [0.25, 0.3) is 0 Å². The molecule has 1 unspecified atom stereocenters. The summed E-state index contributed by atoms with van der Waals surface area (Å²) in [6, 6.07) is -0.601. The molecule has 94 valence electrons. The van der Waals surface area contributed by atoms with E-state index in [4.69, 9.17) is 17.0 Å². The lowest BCUT2D eigenvalue weighted by Gasteiger charge is -2.29. The second-order valence-corrected chi connectivity index (χ2v) is 4.23. The van der Waals surface area contributed by atoms with Crippen molar-refractivity contribution >= 4 is 18.1 Å². The summed E-state index contributed by atoms with van der Waals surface area (Å²) < 4.78 is 6.64. The Hall–Kier alpha value is -1.41. The molecular formula is C9H14N4O3S. The number of nitrogens with one attached hydrogen (secondary N) is 2. The minimum absolute atomic E-state index is 0.116. The third-order valence-corrected chi connectivity index (χ3v) is 3.08. The molecule has 1 atom stereocenters. The van der Waals surface area contributed by atoms with Crippen LogP contribution in [0.1, 0.15) is 13.0 Å². The first-order valence-corrected chi connectivity index (χ1v) is 5.78. The van der Waals surface area contributed by atoms with E-state index in [0.717, 1.165) is 0 Å². The van der Waals surface area contributed by atoms with Crippen LogP contribution >= 0.6 is 12.2 Å². The van der Waals surface area contributed by atoms with Gasteiger partial charge >= 0.3 is 5.69 Å². The minimum Gasteiger partial charge on any atom is -0.378 e. The van der Waals surface area contributed by atoms with Gasteiger partial charge in [0.1, 0.15) is 6.04 Å². The maximum atomic E-state index is 12.1. The van der Waals surface area contributed by atoms with E-state index < -0.39 is 11.7 Å². The molecule has 2 N–H and O–H groups in total. The van der Waals surface area contributed by atoms with Crippen molar-refractivity contribution in [1.82, 2.24) is 19.7 Å². The predicted octanol–water partition coefficient (Wildman–Crippen LogP) is -0.346. The lowest BCUT2D eigenvalue weighted by atomic mass is 10.2. The summed E-state index contributed by atoms with van der Waals surface area (Å²) in [4.78, 5) is 25.3. The highest BCUT2D eigenvalue weighted by atomic mass is 32.1. The summed E-state index contributed by atoms with van der Waals surface area (Å²) >= 11 is 4.95. The van der Waals surface area contributed by atoms with Gasteiger partial charge in [0, 0.05) is 13.1 Å². The molecule has 1 fully saturated rings. The Kier molecular flexibility index (Phi) is 3.43. The van der Waals surface area contributed by atoms with E-state index >= 15 is 0 Å². The van der Waals surface area contributed by atoms with Gasteiger partial charge < -0.3 is 9.64 Å². The molecular weight excluding hydrogens is 244 g/mol. The van der Waals surface area contributed by atoms with Crippen LogP contribution in [0.15, 0.2) is 4.79 Å². The first-order valence-electron chi connectivity index (χ1n) is 5.37. The molecule has 0 spiro atoms. The SMILES string of the molecule is CC(C(=O)N1CCOCC1)n1c(=O)[nH][nH]c1=S. The van der Waals surface area contributed by atoms with E-state index in [0.29, 0.717) is 26.3 Å². The Bertz CT molecular complexity index is 483. The van der Waals surface area contributed by atoms with Gasteiger partial charge in [0.15, 0.2) is 4.77 Å². The lowest BCUT2D eigenvalue weighted by molar-refractivity contribution is -0.138. The molecule has 2 heterocycles. The number of H-pyrrole nitrogens is 2. The zero-order valence-corrected chi connectivity index (χ0v) is 10.2. The van der Waals surface area contributed by atoms with Gasteiger partial charge in [0.05, 0.1) is 13.2 Å². The molecule has 17 heavy (non-hydrogen) atoms. The van der Waals surface area contributed by atoms with E-state index in [2.05, 4.69) is 10.2 Å². The maximum absolute atomic E-state index is 12.1. The first kappa shape index (κ1) is 12.1. The standard InChI is InChI=1S/C9H14N4O3S/c1-6(13-8(15)10-11-9(13)17)7(14)12-2-4-16-5-3-12/h6H,2-5H2,1H3,(H,10,15)(H,11,17). The number of nitrogens with zero attached hydrogens (tertiary/aromatic N) is 2. The second-order valence-electron chi connectivity index (χ2n) is 3.84. The Morgan fingerprint density at radius 3 is 2.59 bits per heavy atom. The van der Waals surface area contributed by atoms with Crippen LogP contribution in [-0.2, 0) is 9.53 Å². The van der Waals surface area contributed by atoms with E-state index in [-0.39, 0.29) is 10.7 Å². The Labute approximate surface area is 102 Å². The number of hydrogen-bond donors (Lipinski definition) is 2. The molecule has 0 radical (unpaired) electrons. The monoisotopic (exact) mass is 258 g/mol. The zero-order valence-electron chi connectivity index (χ0n) is 9.43. The summed E-state index contributed by atoms with van der Waals surface area (Å²) in [6.07, 6.45) is 0. The summed E-state index contributed by atoms with van der Waals surface area (Å²) in [6.45, 7) is 3.84. The highest BCUT2D eigenvalue weighted by molar-refractivity contribution is 7.71. The third-order valence-electron chi connectivity index (χ3n) is 2.78. The number of carbonyl (C=O) groups is 1. The largest absolute Gasteiger partial charge is 0.378 e. The van der Waals surface area contributed by atoms with Crippen LogP contribution in [0.3, 0.4) is 0 Å². The van der Waals surface area contributed by atoms with Gasteiger partial charge in [-0.05, 0) is 19.1 Å². The number of carbonyl (C=O) groups excluding carboxylic acids is 1.